The number of halogens is 1. The Balaban J connectivity index is 2.90. The first-order valence-electron chi connectivity index (χ1n) is 3.98. The molecule has 0 spiro atoms. The standard InChI is InChI=1S/C9H8ClNO3/c1-2-14-9(13)7(12)6-4-3-5-11-8(6)10/h3-5H,2H2,1H3. The summed E-state index contributed by atoms with van der Waals surface area (Å²) in [6.45, 7) is 1.78. The van der Waals surface area contributed by atoms with Gasteiger partial charge in [-0.1, -0.05) is 11.6 Å². The van der Waals surface area contributed by atoms with Crippen molar-refractivity contribution in [2.45, 2.75) is 6.92 Å². The number of carbonyl (C=O) groups is 2. The highest BCUT2D eigenvalue weighted by Gasteiger charge is 2.20. The second-order valence-corrected chi connectivity index (χ2v) is 2.75. The lowest BCUT2D eigenvalue weighted by atomic mass is 10.2. The third-order valence-corrected chi connectivity index (χ3v) is 1.77. The first kappa shape index (κ1) is 10.7. The van der Waals surface area contributed by atoms with Crippen molar-refractivity contribution in [2.24, 2.45) is 0 Å². The van der Waals surface area contributed by atoms with Gasteiger partial charge in [-0.25, -0.2) is 9.78 Å². The number of carbonyl (C=O) groups excluding carboxylic acids is 2. The minimum atomic E-state index is -0.914. The molecular weight excluding hydrogens is 206 g/mol. The Morgan fingerprint density at radius 2 is 2.29 bits per heavy atom. The van der Waals surface area contributed by atoms with E-state index in [2.05, 4.69) is 9.72 Å². The fourth-order valence-electron chi connectivity index (χ4n) is 0.862. The predicted octanol–water partition coefficient (Wildman–Crippen LogP) is 1.48. The molecule has 1 aromatic rings. The van der Waals surface area contributed by atoms with Crippen molar-refractivity contribution in [3.05, 3.63) is 29.0 Å². The molecule has 0 saturated carbocycles. The Hall–Kier alpha value is -1.42. The summed E-state index contributed by atoms with van der Waals surface area (Å²) in [5.41, 5.74) is 0.0626. The van der Waals surface area contributed by atoms with Gasteiger partial charge in [0.25, 0.3) is 5.78 Å². The van der Waals surface area contributed by atoms with Gasteiger partial charge in [0, 0.05) is 6.20 Å². The maximum atomic E-state index is 11.4. The Morgan fingerprint density at radius 3 is 2.86 bits per heavy atom. The van der Waals surface area contributed by atoms with Gasteiger partial charge in [0.1, 0.15) is 5.15 Å². The molecule has 5 heteroatoms. The van der Waals surface area contributed by atoms with Gasteiger partial charge in [-0.3, -0.25) is 4.79 Å². The van der Waals surface area contributed by atoms with Crippen molar-refractivity contribution in [1.29, 1.82) is 0 Å². The molecule has 0 bridgehead atoms. The predicted molar refractivity (Wildman–Crippen MR) is 50.2 cm³/mol. The van der Waals surface area contributed by atoms with E-state index in [1.165, 1.54) is 18.3 Å². The van der Waals surface area contributed by atoms with E-state index in [0.717, 1.165) is 0 Å². The van der Waals surface area contributed by atoms with Gasteiger partial charge in [0.2, 0.25) is 0 Å². The van der Waals surface area contributed by atoms with Gasteiger partial charge >= 0.3 is 5.97 Å². The van der Waals surface area contributed by atoms with Crippen LogP contribution in [-0.4, -0.2) is 23.3 Å². The van der Waals surface area contributed by atoms with E-state index in [1.807, 2.05) is 0 Å². The zero-order valence-corrected chi connectivity index (χ0v) is 8.25. The summed E-state index contributed by atoms with van der Waals surface area (Å²) in [4.78, 5) is 26.1. The summed E-state index contributed by atoms with van der Waals surface area (Å²) >= 11 is 5.62. The Labute approximate surface area is 85.9 Å². The SMILES string of the molecule is CCOC(=O)C(=O)c1cccnc1Cl. The molecule has 0 saturated heterocycles. The van der Waals surface area contributed by atoms with Crippen LogP contribution in [0.2, 0.25) is 5.15 Å². The summed E-state index contributed by atoms with van der Waals surface area (Å²) in [7, 11) is 0. The topological polar surface area (TPSA) is 56.3 Å². The van der Waals surface area contributed by atoms with Crippen molar-refractivity contribution in [2.75, 3.05) is 6.61 Å². The molecule has 4 nitrogen and oxygen atoms in total. The lowest BCUT2D eigenvalue weighted by molar-refractivity contribution is -0.137. The molecule has 0 aliphatic heterocycles. The summed E-state index contributed by atoms with van der Waals surface area (Å²) in [6, 6.07) is 2.95. The zero-order chi connectivity index (χ0) is 10.6. The van der Waals surface area contributed by atoms with Crippen LogP contribution in [0.5, 0.6) is 0 Å². The minimum absolute atomic E-state index is 0.00514. The monoisotopic (exact) mass is 213 g/mol. The molecule has 0 aliphatic rings. The maximum Gasteiger partial charge on any atom is 0.379 e. The first-order chi connectivity index (χ1) is 6.66. The van der Waals surface area contributed by atoms with Crippen LogP contribution in [0, 0.1) is 0 Å². The molecule has 0 aliphatic carbocycles. The van der Waals surface area contributed by atoms with Gasteiger partial charge in [-0.2, -0.15) is 0 Å². The zero-order valence-electron chi connectivity index (χ0n) is 7.49. The highest BCUT2D eigenvalue weighted by atomic mass is 35.5. The fourth-order valence-corrected chi connectivity index (χ4v) is 1.07. The van der Waals surface area contributed by atoms with E-state index < -0.39 is 11.8 Å². The molecule has 74 valence electrons. The number of pyridine rings is 1. The Bertz CT molecular complexity index is 365. The van der Waals surface area contributed by atoms with Crippen LogP contribution in [0.25, 0.3) is 0 Å². The number of ether oxygens (including phenoxy) is 1. The van der Waals surface area contributed by atoms with Crippen LogP contribution in [-0.2, 0) is 9.53 Å². The molecule has 1 heterocycles. The van der Waals surface area contributed by atoms with E-state index in [4.69, 9.17) is 11.6 Å². The van der Waals surface area contributed by atoms with Crippen molar-refractivity contribution in [1.82, 2.24) is 4.98 Å². The highest BCUT2D eigenvalue weighted by Crippen LogP contribution is 2.12. The lowest BCUT2D eigenvalue weighted by Crippen LogP contribution is -2.18. The van der Waals surface area contributed by atoms with Crippen LogP contribution >= 0.6 is 11.6 Å². The van der Waals surface area contributed by atoms with Gasteiger partial charge < -0.3 is 4.74 Å². The number of rotatable bonds is 3. The summed E-state index contributed by atoms with van der Waals surface area (Å²) in [6.07, 6.45) is 1.43. The van der Waals surface area contributed by atoms with Gasteiger partial charge in [0.05, 0.1) is 12.2 Å². The second-order valence-electron chi connectivity index (χ2n) is 2.39. The second kappa shape index (κ2) is 4.72. The Morgan fingerprint density at radius 1 is 1.57 bits per heavy atom. The number of nitrogens with zero attached hydrogens (tertiary/aromatic N) is 1. The van der Waals surface area contributed by atoms with Gasteiger partial charge in [-0.05, 0) is 19.1 Å². The van der Waals surface area contributed by atoms with Crippen LogP contribution in [0.3, 0.4) is 0 Å². The fraction of sp³-hybridized carbons (Fsp3) is 0.222. The minimum Gasteiger partial charge on any atom is -0.460 e. The molecule has 0 unspecified atom stereocenters. The number of hydrogen-bond donors (Lipinski definition) is 0. The molecule has 1 rings (SSSR count). The molecule has 1 aromatic heterocycles. The van der Waals surface area contributed by atoms with E-state index in [-0.39, 0.29) is 17.3 Å². The molecule has 0 amide bonds. The van der Waals surface area contributed by atoms with Crippen LogP contribution in [0.15, 0.2) is 18.3 Å². The summed E-state index contributed by atoms with van der Waals surface area (Å²) in [5.74, 6) is -1.69. The number of Topliss-reactive ketones (excluding diaryl/α,β-unsaturated/α-hetero) is 1. The number of esters is 1. The lowest BCUT2D eigenvalue weighted by Gasteiger charge is -2.01. The average molecular weight is 214 g/mol. The normalized spacial score (nSPS) is 9.57. The molecule has 0 atom stereocenters. The molecule has 0 fully saturated rings. The highest BCUT2D eigenvalue weighted by molar-refractivity contribution is 6.45. The van der Waals surface area contributed by atoms with Crippen LogP contribution < -0.4 is 0 Å². The van der Waals surface area contributed by atoms with Crippen molar-refractivity contribution >= 4 is 23.4 Å². The average Bonchev–Trinajstić information content (AvgIpc) is 2.18. The summed E-state index contributed by atoms with van der Waals surface area (Å²) < 4.78 is 4.54. The largest absolute Gasteiger partial charge is 0.460 e. The van der Waals surface area contributed by atoms with Crippen LogP contribution in [0.4, 0.5) is 0 Å². The van der Waals surface area contributed by atoms with Crippen molar-refractivity contribution in [3.8, 4) is 0 Å². The number of hydrogen-bond acceptors (Lipinski definition) is 4. The molecule has 0 radical (unpaired) electrons. The molecule has 14 heavy (non-hydrogen) atoms. The summed E-state index contributed by atoms with van der Waals surface area (Å²) in [5, 5.41) is 0.00514. The number of aromatic nitrogens is 1. The third-order valence-electron chi connectivity index (χ3n) is 1.46. The van der Waals surface area contributed by atoms with E-state index in [0.29, 0.717) is 0 Å². The Kier molecular flexibility index (Phi) is 3.59. The van der Waals surface area contributed by atoms with E-state index >= 15 is 0 Å². The quantitative estimate of drug-likeness (QED) is 0.330. The van der Waals surface area contributed by atoms with Gasteiger partial charge in [0.15, 0.2) is 0 Å². The van der Waals surface area contributed by atoms with Crippen LogP contribution in [0.1, 0.15) is 17.3 Å². The van der Waals surface area contributed by atoms with Gasteiger partial charge in [-0.15, -0.1) is 0 Å². The third kappa shape index (κ3) is 2.29. The van der Waals surface area contributed by atoms with Crippen molar-refractivity contribution in [3.63, 3.8) is 0 Å². The maximum absolute atomic E-state index is 11.4. The number of ketones is 1. The molecule has 0 N–H and O–H groups in total. The first-order valence-corrected chi connectivity index (χ1v) is 4.36. The van der Waals surface area contributed by atoms with Crippen molar-refractivity contribution < 1.29 is 14.3 Å². The molecule has 0 aromatic carbocycles. The molecular formula is C9H8ClNO3. The van der Waals surface area contributed by atoms with E-state index in [9.17, 15) is 9.59 Å². The van der Waals surface area contributed by atoms with E-state index in [1.54, 1.807) is 6.92 Å². The smallest absolute Gasteiger partial charge is 0.379 e.